The highest BCUT2D eigenvalue weighted by Crippen LogP contribution is 2.19. The van der Waals surface area contributed by atoms with E-state index in [0.717, 1.165) is 0 Å². The first-order chi connectivity index (χ1) is 5.13. The molecule has 70 valence electrons. The van der Waals surface area contributed by atoms with Crippen molar-refractivity contribution in [3.8, 4) is 0 Å². The van der Waals surface area contributed by atoms with Gasteiger partial charge in [0.2, 0.25) is 0 Å². The van der Waals surface area contributed by atoms with Gasteiger partial charge in [-0.05, 0) is 11.5 Å². The molecule has 0 saturated carbocycles. The molecule has 0 aromatic heterocycles. The predicted octanol–water partition coefficient (Wildman–Crippen LogP) is 3.20. The van der Waals surface area contributed by atoms with Crippen LogP contribution in [0.15, 0.2) is 12.2 Å². The minimum absolute atomic E-state index is 0.0981. The van der Waals surface area contributed by atoms with Crippen molar-refractivity contribution >= 4 is 5.78 Å². The van der Waals surface area contributed by atoms with Crippen molar-refractivity contribution in [3.05, 3.63) is 12.2 Å². The summed E-state index contributed by atoms with van der Waals surface area (Å²) in [6.07, 6.45) is 3.65. The second kappa shape index (κ2) is 3.42. The molecular weight excluding hydrogens is 148 g/mol. The Morgan fingerprint density at radius 2 is 1.42 bits per heavy atom. The van der Waals surface area contributed by atoms with Crippen molar-refractivity contribution in [2.45, 2.75) is 41.5 Å². The number of carbonyl (C=O) groups excluding carboxylic acids is 1. The van der Waals surface area contributed by atoms with E-state index in [0.29, 0.717) is 0 Å². The average Bonchev–Trinajstić information content (AvgIpc) is 1.78. The number of ketones is 1. The van der Waals surface area contributed by atoms with Gasteiger partial charge in [-0.3, -0.25) is 4.79 Å². The van der Waals surface area contributed by atoms with Crippen molar-refractivity contribution in [2.75, 3.05) is 0 Å². The standard InChI is InChI=1S/C11H20O/c1-10(2,3)8-7-9(12)11(4,5)6/h7-8H,1-6H3/b8-7-. The zero-order chi connectivity index (χ0) is 9.99. The van der Waals surface area contributed by atoms with Crippen LogP contribution in [0.25, 0.3) is 0 Å². The Morgan fingerprint density at radius 1 is 1.00 bits per heavy atom. The van der Waals surface area contributed by atoms with Crippen LogP contribution in [0.3, 0.4) is 0 Å². The lowest BCUT2D eigenvalue weighted by atomic mass is 9.88. The average molecular weight is 168 g/mol. The molecule has 1 heteroatoms. The lowest BCUT2D eigenvalue weighted by molar-refractivity contribution is -0.121. The molecule has 0 bridgehead atoms. The molecule has 0 aromatic carbocycles. The monoisotopic (exact) mass is 168 g/mol. The predicted molar refractivity (Wildman–Crippen MR) is 53.1 cm³/mol. The Balaban J connectivity index is 4.30. The fraction of sp³-hybridized carbons (Fsp3) is 0.727. The highest BCUT2D eigenvalue weighted by atomic mass is 16.1. The van der Waals surface area contributed by atoms with Gasteiger partial charge >= 0.3 is 0 Å². The molecule has 0 rings (SSSR count). The van der Waals surface area contributed by atoms with Gasteiger partial charge < -0.3 is 0 Å². The lowest BCUT2D eigenvalue weighted by Gasteiger charge is -2.15. The maximum atomic E-state index is 11.4. The van der Waals surface area contributed by atoms with Gasteiger partial charge in [-0.15, -0.1) is 0 Å². The molecule has 1 nitrogen and oxygen atoms in total. The molecule has 0 aliphatic rings. The molecule has 0 aliphatic carbocycles. The third-order valence-corrected chi connectivity index (χ3v) is 1.47. The summed E-state index contributed by atoms with van der Waals surface area (Å²) in [4.78, 5) is 11.4. The van der Waals surface area contributed by atoms with E-state index in [-0.39, 0.29) is 16.6 Å². The van der Waals surface area contributed by atoms with Crippen molar-refractivity contribution in [1.29, 1.82) is 0 Å². The first kappa shape index (κ1) is 11.4. The van der Waals surface area contributed by atoms with E-state index in [1.54, 1.807) is 6.08 Å². The van der Waals surface area contributed by atoms with Gasteiger partial charge in [-0.2, -0.15) is 0 Å². The van der Waals surface area contributed by atoms with Crippen molar-refractivity contribution < 1.29 is 4.79 Å². The first-order valence-corrected chi connectivity index (χ1v) is 4.36. The Hall–Kier alpha value is -0.590. The largest absolute Gasteiger partial charge is 0.294 e. The van der Waals surface area contributed by atoms with E-state index in [1.165, 1.54) is 0 Å². The number of carbonyl (C=O) groups is 1. The summed E-state index contributed by atoms with van der Waals surface area (Å²) in [7, 11) is 0. The van der Waals surface area contributed by atoms with Crippen LogP contribution in [0.5, 0.6) is 0 Å². The second-order valence-corrected chi connectivity index (χ2v) is 5.31. The fourth-order valence-corrected chi connectivity index (χ4v) is 0.576. The zero-order valence-electron chi connectivity index (χ0n) is 9.06. The Bertz CT molecular complexity index is 186. The van der Waals surface area contributed by atoms with E-state index in [2.05, 4.69) is 20.8 Å². The highest BCUT2D eigenvalue weighted by Gasteiger charge is 2.18. The van der Waals surface area contributed by atoms with Crippen LogP contribution in [0.1, 0.15) is 41.5 Å². The molecule has 0 heterocycles. The van der Waals surface area contributed by atoms with Crippen LogP contribution in [0.4, 0.5) is 0 Å². The molecular formula is C11H20O. The smallest absolute Gasteiger partial charge is 0.160 e. The Kier molecular flexibility index (Phi) is 3.25. The maximum Gasteiger partial charge on any atom is 0.160 e. The van der Waals surface area contributed by atoms with Crippen molar-refractivity contribution in [1.82, 2.24) is 0 Å². The molecule has 12 heavy (non-hydrogen) atoms. The van der Waals surface area contributed by atoms with Crippen LogP contribution >= 0.6 is 0 Å². The molecule has 0 aromatic rings. The fourth-order valence-electron chi connectivity index (χ4n) is 0.576. The third-order valence-electron chi connectivity index (χ3n) is 1.47. The van der Waals surface area contributed by atoms with E-state index in [4.69, 9.17) is 0 Å². The molecule has 0 aliphatic heterocycles. The van der Waals surface area contributed by atoms with Gasteiger partial charge in [0.1, 0.15) is 0 Å². The van der Waals surface area contributed by atoms with Crippen LogP contribution in [-0.4, -0.2) is 5.78 Å². The molecule has 0 fully saturated rings. The van der Waals surface area contributed by atoms with E-state index < -0.39 is 0 Å². The number of allylic oxidation sites excluding steroid dienone is 2. The summed E-state index contributed by atoms with van der Waals surface area (Å²) in [6.45, 7) is 12.0. The quantitative estimate of drug-likeness (QED) is 0.549. The molecule has 0 atom stereocenters. The van der Waals surface area contributed by atoms with Gasteiger partial charge in [0.15, 0.2) is 5.78 Å². The van der Waals surface area contributed by atoms with Crippen molar-refractivity contribution in [2.24, 2.45) is 10.8 Å². The molecule has 0 radical (unpaired) electrons. The van der Waals surface area contributed by atoms with Crippen LogP contribution in [0, 0.1) is 10.8 Å². The van der Waals surface area contributed by atoms with Crippen LogP contribution in [-0.2, 0) is 4.79 Å². The minimum Gasteiger partial charge on any atom is -0.294 e. The summed E-state index contributed by atoms with van der Waals surface area (Å²) >= 11 is 0. The van der Waals surface area contributed by atoms with Gasteiger partial charge in [0.05, 0.1) is 0 Å². The topological polar surface area (TPSA) is 17.1 Å². The normalized spacial score (nSPS) is 13.8. The van der Waals surface area contributed by atoms with Crippen molar-refractivity contribution in [3.63, 3.8) is 0 Å². The Morgan fingerprint density at radius 3 is 1.67 bits per heavy atom. The minimum atomic E-state index is -0.248. The van der Waals surface area contributed by atoms with Gasteiger partial charge in [0.25, 0.3) is 0 Å². The van der Waals surface area contributed by atoms with Crippen LogP contribution < -0.4 is 0 Å². The van der Waals surface area contributed by atoms with E-state index >= 15 is 0 Å². The van der Waals surface area contributed by atoms with Gasteiger partial charge in [-0.25, -0.2) is 0 Å². The summed E-state index contributed by atoms with van der Waals surface area (Å²) in [5.41, 5.74) is -0.150. The molecule has 0 N–H and O–H groups in total. The van der Waals surface area contributed by atoms with Gasteiger partial charge in [-0.1, -0.05) is 47.6 Å². The van der Waals surface area contributed by atoms with E-state index in [9.17, 15) is 4.79 Å². The summed E-state index contributed by atoms with van der Waals surface area (Å²) < 4.78 is 0. The number of hydrogen-bond acceptors (Lipinski definition) is 1. The summed E-state index contributed by atoms with van der Waals surface area (Å²) in [5.74, 6) is 0.192. The summed E-state index contributed by atoms with van der Waals surface area (Å²) in [6, 6.07) is 0. The van der Waals surface area contributed by atoms with Gasteiger partial charge in [0, 0.05) is 5.41 Å². The SMILES string of the molecule is CC(C)(C)/C=C\C(=O)C(C)(C)C. The molecule has 0 unspecified atom stereocenters. The van der Waals surface area contributed by atoms with Crippen LogP contribution in [0.2, 0.25) is 0 Å². The lowest BCUT2D eigenvalue weighted by Crippen LogP contribution is -2.18. The summed E-state index contributed by atoms with van der Waals surface area (Å²) in [5, 5.41) is 0. The maximum absolute atomic E-state index is 11.4. The molecule has 0 spiro atoms. The van der Waals surface area contributed by atoms with E-state index in [1.807, 2.05) is 26.8 Å². The second-order valence-electron chi connectivity index (χ2n) is 5.31. The number of hydrogen-bond donors (Lipinski definition) is 0. The molecule has 0 amide bonds. The number of rotatable bonds is 1. The Labute approximate surface area is 75.9 Å². The highest BCUT2D eigenvalue weighted by molar-refractivity contribution is 5.93. The first-order valence-electron chi connectivity index (χ1n) is 4.36. The molecule has 0 saturated heterocycles. The zero-order valence-corrected chi connectivity index (χ0v) is 9.06. The third kappa shape index (κ3) is 5.11.